The summed E-state index contributed by atoms with van der Waals surface area (Å²) in [4.78, 5) is 0. The summed E-state index contributed by atoms with van der Waals surface area (Å²) < 4.78 is 6.63. The molecule has 0 aromatic carbocycles. The molecule has 0 fully saturated rings. The van der Waals surface area contributed by atoms with E-state index in [0.29, 0.717) is 6.54 Å². The first-order valence-electron chi connectivity index (χ1n) is 5.06. The van der Waals surface area contributed by atoms with Gasteiger partial charge in [-0.05, 0) is 12.8 Å². The number of methoxy groups -OCH3 is 1. The van der Waals surface area contributed by atoms with Crippen molar-refractivity contribution in [2.75, 3.05) is 13.7 Å². The molecule has 3 nitrogen and oxygen atoms in total. The molecule has 3 heteroatoms. The van der Waals surface area contributed by atoms with Crippen LogP contribution in [0.5, 0.6) is 0 Å². The maximum Gasteiger partial charge on any atom is 0.195 e. The lowest BCUT2D eigenvalue weighted by Crippen LogP contribution is -2.41. The van der Waals surface area contributed by atoms with Gasteiger partial charge in [-0.1, -0.05) is 13.8 Å². The zero-order valence-electron chi connectivity index (χ0n) is 8.80. The third-order valence-electron chi connectivity index (χ3n) is 3.13. The maximum absolute atomic E-state index is 11.5. The van der Waals surface area contributed by atoms with Gasteiger partial charge < -0.3 is 9.94 Å². The highest BCUT2D eigenvalue weighted by molar-refractivity contribution is 5.89. The van der Waals surface area contributed by atoms with Crippen LogP contribution in [-0.4, -0.2) is 29.7 Å². The molecule has 0 unspecified atom stereocenters. The van der Waals surface area contributed by atoms with Crippen LogP contribution in [0.15, 0.2) is 0 Å². The minimum absolute atomic E-state index is 0.293. The molecule has 76 valence electrons. The van der Waals surface area contributed by atoms with Gasteiger partial charge in [-0.2, -0.15) is 0 Å². The molecule has 0 radical (unpaired) electrons. The summed E-state index contributed by atoms with van der Waals surface area (Å²) in [5, 5.41) is 11.5. The van der Waals surface area contributed by atoms with E-state index < -0.39 is 0 Å². The van der Waals surface area contributed by atoms with Crippen molar-refractivity contribution in [3.8, 4) is 0 Å². The first-order chi connectivity index (χ1) is 6.20. The number of ether oxygens (including phenoxy) is 1. The van der Waals surface area contributed by atoms with E-state index in [1.54, 1.807) is 7.11 Å². The monoisotopic (exact) mass is 185 g/mol. The van der Waals surface area contributed by atoms with E-state index in [4.69, 9.17) is 4.74 Å². The predicted octanol–water partition coefficient (Wildman–Crippen LogP) is 1.94. The lowest BCUT2D eigenvalue weighted by atomic mass is 9.89. The summed E-state index contributed by atoms with van der Waals surface area (Å²) in [6.45, 7) is 4.79. The molecular formula is C10H19NO2. The number of hydrogen-bond acceptors (Lipinski definition) is 2. The topological polar surface area (TPSA) is 35.3 Å². The van der Waals surface area contributed by atoms with E-state index >= 15 is 0 Å². The highest BCUT2D eigenvalue weighted by Crippen LogP contribution is 2.26. The largest absolute Gasteiger partial charge is 0.624 e. The average Bonchev–Trinajstić information content (AvgIpc) is 2.57. The molecule has 0 N–H and O–H groups in total. The van der Waals surface area contributed by atoms with Crippen molar-refractivity contribution in [3.05, 3.63) is 5.21 Å². The Morgan fingerprint density at radius 2 is 2.08 bits per heavy atom. The third kappa shape index (κ3) is 1.70. The number of nitrogens with zero attached hydrogens (tertiary/aromatic N) is 1. The van der Waals surface area contributed by atoms with E-state index in [1.807, 2.05) is 0 Å². The zero-order chi connectivity index (χ0) is 9.90. The smallest absolute Gasteiger partial charge is 0.195 e. The molecule has 1 aliphatic heterocycles. The Morgan fingerprint density at radius 3 is 2.38 bits per heavy atom. The van der Waals surface area contributed by atoms with Crippen LogP contribution in [0.25, 0.3) is 0 Å². The molecule has 0 atom stereocenters. The Bertz CT molecular complexity index is 199. The van der Waals surface area contributed by atoms with Crippen LogP contribution in [0.2, 0.25) is 0 Å². The van der Waals surface area contributed by atoms with Gasteiger partial charge in [0.05, 0.1) is 0 Å². The standard InChI is InChI=1S/C10H19NO2/c1-4-10(5-2,13-3)9-7-6-8-11(9)12/h4-8H2,1-3H3. The number of rotatable bonds is 4. The zero-order valence-corrected chi connectivity index (χ0v) is 8.80. The second kappa shape index (κ2) is 4.09. The van der Waals surface area contributed by atoms with Crippen molar-refractivity contribution in [3.63, 3.8) is 0 Å². The molecule has 0 aliphatic carbocycles. The van der Waals surface area contributed by atoms with Crippen LogP contribution >= 0.6 is 0 Å². The van der Waals surface area contributed by atoms with E-state index in [2.05, 4.69) is 13.8 Å². The minimum Gasteiger partial charge on any atom is -0.624 e. The van der Waals surface area contributed by atoms with Gasteiger partial charge >= 0.3 is 0 Å². The van der Waals surface area contributed by atoms with Crippen LogP contribution in [-0.2, 0) is 4.74 Å². The normalized spacial score (nSPS) is 18.4. The predicted molar refractivity (Wildman–Crippen MR) is 53.1 cm³/mol. The van der Waals surface area contributed by atoms with Crippen molar-refractivity contribution in [2.45, 2.75) is 45.1 Å². The molecular weight excluding hydrogens is 166 g/mol. The van der Waals surface area contributed by atoms with E-state index in [-0.39, 0.29) is 5.60 Å². The van der Waals surface area contributed by atoms with E-state index in [1.165, 1.54) is 0 Å². The molecule has 1 aliphatic rings. The van der Waals surface area contributed by atoms with Gasteiger partial charge in [0.25, 0.3) is 0 Å². The van der Waals surface area contributed by atoms with Crippen molar-refractivity contribution in [1.29, 1.82) is 0 Å². The molecule has 0 bridgehead atoms. The van der Waals surface area contributed by atoms with Crippen molar-refractivity contribution < 1.29 is 9.48 Å². The van der Waals surface area contributed by atoms with Gasteiger partial charge in [-0.25, -0.2) is 4.74 Å². The van der Waals surface area contributed by atoms with Gasteiger partial charge in [0.15, 0.2) is 12.3 Å². The van der Waals surface area contributed by atoms with Gasteiger partial charge in [-0.3, -0.25) is 0 Å². The molecule has 0 aromatic rings. The van der Waals surface area contributed by atoms with Gasteiger partial charge in [0, 0.05) is 20.0 Å². The van der Waals surface area contributed by atoms with E-state index in [0.717, 1.165) is 36.1 Å². The summed E-state index contributed by atoms with van der Waals surface area (Å²) in [7, 11) is 1.70. The Labute approximate surface area is 80.0 Å². The fraction of sp³-hybridized carbons (Fsp3) is 0.900. The summed E-state index contributed by atoms with van der Waals surface area (Å²) in [6, 6.07) is 0. The average molecular weight is 185 g/mol. The van der Waals surface area contributed by atoms with Gasteiger partial charge in [0.2, 0.25) is 0 Å². The Balaban J connectivity index is 2.92. The highest BCUT2D eigenvalue weighted by Gasteiger charge is 2.39. The van der Waals surface area contributed by atoms with Gasteiger partial charge in [-0.15, -0.1) is 0 Å². The molecule has 0 aromatic heterocycles. The highest BCUT2D eigenvalue weighted by atomic mass is 16.5. The molecule has 0 saturated carbocycles. The Hall–Kier alpha value is -0.570. The van der Waals surface area contributed by atoms with Crippen LogP contribution in [0.1, 0.15) is 39.5 Å². The number of hydroxylamine groups is 1. The SMILES string of the molecule is CCC(CC)(OC)C1=[N+]([O-])CCC1. The van der Waals surface area contributed by atoms with Crippen molar-refractivity contribution in [1.82, 2.24) is 0 Å². The Morgan fingerprint density at radius 1 is 1.46 bits per heavy atom. The summed E-state index contributed by atoms with van der Waals surface area (Å²) in [5.41, 5.74) is 0.651. The summed E-state index contributed by atoms with van der Waals surface area (Å²) >= 11 is 0. The quantitative estimate of drug-likeness (QED) is 0.495. The molecule has 0 saturated heterocycles. The Kier molecular flexibility index (Phi) is 3.31. The summed E-state index contributed by atoms with van der Waals surface area (Å²) in [5.74, 6) is 0. The maximum atomic E-state index is 11.5. The molecule has 0 spiro atoms. The van der Waals surface area contributed by atoms with Crippen LogP contribution < -0.4 is 0 Å². The molecule has 13 heavy (non-hydrogen) atoms. The van der Waals surface area contributed by atoms with Crippen molar-refractivity contribution in [2.24, 2.45) is 0 Å². The van der Waals surface area contributed by atoms with Gasteiger partial charge in [0.1, 0.15) is 5.60 Å². The van der Waals surface area contributed by atoms with Crippen molar-refractivity contribution >= 4 is 5.71 Å². The first-order valence-corrected chi connectivity index (χ1v) is 5.06. The third-order valence-corrected chi connectivity index (χ3v) is 3.13. The molecule has 0 amide bonds. The number of hydrogen-bond donors (Lipinski definition) is 0. The lowest BCUT2D eigenvalue weighted by molar-refractivity contribution is -0.453. The minimum atomic E-state index is -0.293. The van der Waals surface area contributed by atoms with Crippen LogP contribution in [0.4, 0.5) is 0 Å². The lowest BCUT2D eigenvalue weighted by Gasteiger charge is -2.28. The first kappa shape index (κ1) is 10.5. The molecule has 1 heterocycles. The second-order valence-electron chi connectivity index (χ2n) is 3.56. The van der Waals surface area contributed by atoms with Crippen LogP contribution in [0.3, 0.4) is 0 Å². The summed E-state index contributed by atoms with van der Waals surface area (Å²) in [6.07, 6.45) is 3.64. The van der Waals surface area contributed by atoms with Crippen LogP contribution in [0, 0.1) is 5.21 Å². The second-order valence-corrected chi connectivity index (χ2v) is 3.56. The fourth-order valence-electron chi connectivity index (χ4n) is 2.17. The fourth-order valence-corrected chi connectivity index (χ4v) is 2.17. The van der Waals surface area contributed by atoms with E-state index in [9.17, 15) is 5.21 Å². The molecule has 1 rings (SSSR count).